The summed E-state index contributed by atoms with van der Waals surface area (Å²) < 4.78 is 40.1. The van der Waals surface area contributed by atoms with Crippen molar-refractivity contribution >= 4 is 21.6 Å². The fraction of sp³-hybridized carbons (Fsp3) is 0.571. The average molecular weight is 351 g/mol. The van der Waals surface area contributed by atoms with Crippen LogP contribution in [0.25, 0.3) is 0 Å². The molecule has 112 valence electrons. The summed E-state index contributed by atoms with van der Waals surface area (Å²) in [5.74, 6) is 0.264. The third-order valence-electron chi connectivity index (χ3n) is 4.06. The largest absolute Gasteiger partial charge is 0.418 e. The lowest BCUT2D eigenvalue weighted by Gasteiger charge is -2.33. The molecule has 0 heterocycles. The van der Waals surface area contributed by atoms with E-state index < -0.39 is 11.7 Å². The second-order valence-corrected chi connectivity index (χ2v) is 6.18. The smallest absolute Gasteiger partial charge is 0.371 e. The van der Waals surface area contributed by atoms with Gasteiger partial charge in [0, 0.05) is 17.6 Å². The van der Waals surface area contributed by atoms with E-state index in [4.69, 9.17) is 5.73 Å². The SMILES string of the molecule is CN(c1cc(Br)ccc1C(F)(F)F)C1CCCC1CN. The van der Waals surface area contributed by atoms with Gasteiger partial charge in [0.1, 0.15) is 0 Å². The summed E-state index contributed by atoms with van der Waals surface area (Å²) in [6.45, 7) is 0.518. The van der Waals surface area contributed by atoms with Crippen LogP contribution in [0.5, 0.6) is 0 Å². The molecule has 1 aromatic carbocycles. The van der Waals surface area contributed by atoms with Crippen molar-refractivity contribution < 1.29 is 13.2 Å². The van der Waals surface area contributed by atoms with Gasteiger partial charge in [-0.05, 0) is 43.5 Å². The summed E-state index contributed by atoms with van der Waals surface area (Å²) >= 11 is 3.25. The molecular weight excluding hydrogens is 333 g/mol. The van der Waals surface area contributed by atoms with Crippen molar-refractivity contribution in [1.29, 1.82) is 0 Å². The van der Waals surface area contributed by atoms with E-state index in [-0.39, 0.29) is 17.6 Å². The maximum absolute atomic E-state index is 13.1. The van der Waals surface area contributed by atoms with Crippen LogP contribution in [0.4, 0.5) is 18.9 Å². The molecule has 20 heavy (non-hydrogen) atoms. The third kappa shape index (κ3) is 3.11. The highest BCUT2D eigenvalue weighted by Gasteiger charge is 2.37. The van der Waals surface area contributed by atoms with E-state index in [1.165, 1.54) is 12.1 Å². The van der Waals surface area contributed by atoms with Crippen LogP contribution in [0.1, 0.15) is 24.8 Å². The van der Waals surface area contributed by atoms with Crippen molar-refractivity contribution in [2.45, 2.75) is 31.5 Å². The Morgan fingerprint density at radius 1 is 1.35 bits per heavy atom. The van der Waals surface area contributed by atoms with Crippen molar-refractivity contribution in [3.63, 3.8) is 0 Å². The Hall–Kier alpha value is -0.750. The topological polar surface area (TPSA) is 29.3 Å². The molecule has 2 N–H and O–H groups in total. The van der Waals surface area contributed by atoms with Crippen LogP contribution in [0.3, 0.4) is 0 Å². The normalized spacial score (nSPS) is 23.1. The van der Waals surface area contributed by atoms with Crippen molar-refractivity contribution in [1.82, 2.24) is 0 Å². The average Bonchev–Trinajstić information content (AvgIpc) is 2.84. The van der Waals surface area contributed by atoms with Crippen LogP contribution in [-0.2, 0) is 6.18 Å². The van der Waals surface area contributed by atoms with E-state index in [9.17, 15) is 13.2 Å². The monoisotopic (exact) mass is 350 g/mol. The molecule has 0 radical (unpaired) electrons. The Morgan fingerprint density at radius 2 is 2.05 bits per heavy atom. The molecule has 2 nitrogen and oxygen atoms in total. The number of anilines is 1. The van der Waals surface area contributed by atoms with Crippen molar-refractivity contribution in [2.75, 3.05) is 18.5 Å². The first-order valence-electron chi connectivity index (χ1n) is 6.64. The van der Waals surface area contributed by atoms with Crippen LogP contribution >= 0.6 is 15.9 Å². The first kappa shape index (κ1) is 15.6. The fourth-order valence-electron chi connectivity index (χ4n) is 3.02. The van der Waals surface area contributed by atoms with Gasteiger partial charge >= 0.3 is 6.18 Å². The summed E-state index contributed by atoms with van der Waals surface area (Å²) in [6.07, 6.45) is -1.45. The number of rotatable bonds is 3. The van der Waals surface area contributed by atoms with E-state index in [0.717, 1.165) is 25.3 Å². The molecule has 1 saturated carbocycles. The van der Waals surface area contributed by atoms with E-state index >= 15 is 0 Å². The lowest BCUT2D eigenvalue weighted by molar-refractivity contribution is -0.137. The molecule has 2 rings (SSSR count). The molecule has 1 fully saturated rings. The van der Waals surface area contributed by atoms with Gasteiger partial charge in [-0.1, -0.05) is 22.4 Å². The van der Waals surface area contributed by atoms with Gasteiger partial charge < -0.3 is 10.6 Å². The fourth-order valence-corrected chi connectivity index (χ4v) is 3.37. The van der Waals surface area contributed by atoms with Gasteiger partial charge in [-0.15, -0.1) is 0 Å². The molecule has 2 unspecified atom stereocenters. The van der Waals surface area contributed by atoms with Gasteiger partial charge in [0.15, 0.2) is 0 Å². The Bertz CT molecular complexity index is 476. The number of benzene rings is 1. The molecule has 0 aromatic heterocycles. The zero-order chi connectivity index (χ0) is 14.9. The highest BCUT2D eigenvalue weighted by molar-refractivity contribution is 9.10. The molecule has 0 spiro atoms. The predicted molar refractivity (Wildman–Crippen MR) is 77.7 cm³/mol. The van der Waals surface area contributed by atoms with Crippen molar-refractivity contribution in [3.05, 3.63) is 28.2 Å². The minimum atomic E-state index is -4.35. The Labute approximate surface area is 125 Å². The molecular formula is C14H18BrF3N2. The quantitative estimate of drug-likeness (QED) is 0.891. The molecule has 2 atom stereocenters. The number of hydrogen-bond acceptors (Lipinski definition) is 2. The number of nitrogens with zero attached hydrogens (tertiary/aromatic N) is 1. The minimum Gasteiger partial charge on any atom is -0.371 e. The molecule has 0 bridgehead atoms. The highest BCUT2D eigenvalue weighted by atomic mass is 79.9. The zero-order valence-electron chi connectivity index (χ0n) is 11.3. The Kier molecular flexibility index (Phi) is 4.64. The standard InChI is InChI=1S/C14H18BrF3N2/c1-20(12-4-2-3-9(12)8-19)13-7-10(15)5-6-11(13)14(16,17)18/h5-7,9,12H,2-4,8,19H2,1H3. The van der Waals surface area contributed by atoms with Gasteiger partial charge in [0.2, 0.25) is 0 Å². The van der Waals surface area contributed by atoms with Gasteiger partial charge in [-0.25, -0.2) is 0 Å². The van der Waals surface area contributed by atoms with E-state index in [2.05, 4.69) is 15.9 Å². The van der Waals surface area contributed by atoms with Gasteiger partial charge in [-0.3, -0.25) is 0 Å². The number of halogens is 4. The summed E-state index contributed by atoms with van der Waals surface area (Å²) in [7, 11) is 1.73. The number of alkyl halides is 3. The summed E-state index contributed by atoms with van der Waals surface area (Å²) in [5, 5.41) is 0. The van der Waals surface area contributed by atoms with Crippen LogP contribution < -0.4 is 10.6 Å². The lowest BCUT2D eigenvalue weighted by Crippen LogP contribution is -2.38. The third-order valence-corrected chi connectivity index (χ3v) is 4.56. The lowest BCUT2D eigenvalue weighted by atomic mass is 10.0. The summed E-state index contributed by atoms with van der Waals surface area (Å²) in [4.78, 5) is 1.75. The van der Waals surface area contributed by atoms with E-state index in [0.29, 0.717) is 11.0 Å². The molecule has 0 aliphatic heterocycles. The van der Waals surface area contributed by atoms with E-state index in [1.54, 1.807) is 11.9 Å². The molecule has 6 heteroatoms. The number of nitrogens with two attached hydrogens (primary N) is 1. The van der Waals surface area contributed by atoms with Gasteiger partial charge in [0.25, 0.3) is 0 Å². The maximum Gasteiger partial charge on any atom is 0.418 e. The molecule has 0 amide bonds. The second kappa shape index (κ2) is 5.93. The Morgan fingerprint density at radius 3 is 2.65 bits per heavy atom. The first-order valence-corrected chi connectivity index (χ1v) is 7.43. The van der Waals surface area contributed by atoms with Crippen molar-refractivity contribution in [3.8, 4) is 0 Å². The zero-order valence-corrected chi connectivity index (χ0v) is 12.8. The van der Waals surface area contributed by atoms with Crippen LogP contribution in [-0.4, -0.2) is 19.6 Å². The highest BCUT2D eigenvalue weighted by Crippen LogP contribution is 2.40. The van der Waals surface area contributed by atoms with E-state index in [1.807, 2.05) is 0 Å². The minimum absolute atomic E-state index is 0.0791. The van der Waals surface area contributed by atoms with Crippen LogP contribution in [0, 0.1) is 5.92 Å². The summed E-state index contributed by atoms with van der Waals surface area (Å²) in [6, 6.07) is 4.17. The first-order chi connectivity index (χ1) is 9.34. The van der Waals surface area contributed by atoms with Gasteiger partial charge in [0.05, 0.1) is 11.3 Å². The second-order valence-electron chi connectivity index (χ2n) is 5.26. The summed E-state index contributed by atoms with van der Waals surface area (Å²) in [5.41, 5.74) is 5.36. The predicted octanol–water partition coefficient (Wildman–Crippen LogP) is 4.03. The number of hydrogen-bond donors (Lipinski definition) is 1. The Balaban J connectivity index is 2.38. The van der Waals surface area contributed by atoms with Crippen LogP contribution in [0.2, 0.25) is 0 Å². The molecule has 0 saturated heterocycles. The van der Waals surface area contributed by atoms with Gasteiger partial charge in [-0.2, -0.15) is 13.2 Å². The molecule has 1 aliphatic carbocycles. The molecule has 1 aromatic rings. The molecule has 1 aliphatic rings. The van der Waals surface area contributed by atoms with Crippen molar-refractivity contribution in [2.24, 2.45) is 11.7 Å². The van der Waals surface area contributed by atoms with Crippen LogP contribution in [0.15, 0.2) is 22.7 Å². The maximum atomic E-state index is 13.1.